The van der Waals surface area contributed by atoms with Crippen LogP contribution < -0.4 is 5.73 Å². The summed E-state index contributed by atoms with van der Waals surface area (Å²) >= 11 is 2.02. The summed E-state index contributed by atoms with van der Waals surface area (Å²) in [6.45, 7) is 0. The van der Waals surface area contributed by atoms with Crippen LogP contribution in [0.2, 0.25) is 0 Å². The quantitative estimate of drug-likeness (QED) is 0.834. The maximum atomic E-state index is 6.21. The van der Waals surface area contributed by atoms with Crippen LogP contribution >= 0.6 is 11.8 Å². The zero-order valence-corrected chi connectivity index (χ0v) is 9.91. The first-order valence-electron chi connectivity index (χ1n) is 5.47. The van der Waals surface area contributed by atoms with Crippen LogP contribution in [0.25, 0.3) is 0 Å². The Morgan fingerprint density at radius 2 is 2.53 bits per heavy atom. The fourth-order valence-corrected chi connectivity index (χ4v) is 3.30. The predicted octanol–water partition coefficient (Wildman–Crippen LogP) is 0.971. The van der Waals surface area contributed by atoms with E-state index in [1.165, 1.54) is 25.0 Å². The normalized spacial score (nSPS) is 24.0. The van der Waals surface area contributed by atoms with Gasteiger partial charge in [-0.15, -0.1) is 0 Å². The van der Waals surface area contributed by atoms with Crippen molar-refractivity contribution in [3.8, 4) is 0 Å². The van der Waals surface area contributed by atoms with E-state index in [4.69, 9.17) is 5.73 Å². The number of nitrogens with two attached hydrogens (primary N) is 1. The molecule has 0 saturated carbocycles. The average molecular weight is 226 g/mol. The van der Waals surface area contributed by atoms with Crippen LogP contribution in [0.5, 0.6) is 0 Å². The number of rotatable bonds is 3. The van der Waals surface area contributed by atoms with E-state index in [0.717, 1.165) is 12.2 Å². The van der Waals surface area contributed by atoms with Gasteiger partial charge in [0.1, 0.15) is 12.2 Å². The number of nitrogens with zero attached hydrogens (tertiary/aromatic N) is 3. The number of thioether (sulfide) groups is 1. The van der Waals surface area contributed by atoms with Gasteiger partial charge in [-0.1, -0.05) is 6.42 Å². The van der Waals surface area contributed by atoms with E-state index in [0.29, 0.717) is 5.25 Å². The molecule has 2 heterocycles. The van der Waals surface area contributed by atoms with Crippen molar-refractivity contribution in [2.24, 2.45) is 12.8 Å². The van der Waals surface area contributed by atoms with Gasteiger partial charge in [0.2, 0.25) is 0 Å². The Labute approximate surface area is 94.6 Å². The molecule has 15 heavy (non-hydrogen) atoms. The molecule has 1 aromatic heterocycles. The largest absolute Gasteiger partial charge is 0.326 e. The Hall–Kier alpha value is -0.550. The highest BCUT2D eigenvalue weighted by Gasteiger charge is 2.22. The van der Waals surface area contributed by atoms with Gasteiger partial charge < -0.3 is 5.73 Å². The number of hydrogen-bond acceptors (Lipinski definition) is 4. The molecule has 2 rings (SSSR count). The van der Waals surface area contributed by atoms with E-state index in [2.05, 4.69) is 10.1 Å². The molecule has 5 heteroatoms. The van der Waals surface area contributed by atoms with Crippen molar-refractivity contribution in [2.75, 3.05) is 5.75 Å². The summed E-state index contributed by atoms with van der Waals surface area (Å²) in [6, 6.07) is 0.221. The molecule has 0 amide bonds. The van der Waals surface area contributed by atoms with Crippen molar-refractivity contribution >= 4 is 11.8 Å². The Balaban J connectivity index is 1.91. The molecule has 0 bridgehead atoms. The Morgan fingerprint density at radius 3 is 3.13 bits per heavy atom. The number of aryl methyl sites for hydroxylation is 1. The first-order chi connectivity index (χ1) is 7.27. The fourth-order valence-electron chi connectivity index (χ4n) is 1.95. The predicted molar refractivity (Wildman–Crippen MR) is 62.8 cm³/mol. The second kappa shape index (κ2) is 4.99. The summed E-state index contributed by atoms with van der Waals surface area (Å²) in [7, 11) is 1.92. The molecular formula is C10H18N4S. The van der Waals surface area contributed by atoms with Gasteiger partial charge in [-0.2, -0.15) is 16.9 Å². The van der Waals surface area contributed by atoms with Gasteiger partial charge in [0.05, 0.1) is 0 Å². The molecule has 1 fully saturated rings. The highest BCUT2D eigenvalue weighted by Crippen LogP contribution is 2.27. The molecule has 1 aromatic rings. The first kappa shape index (κ1) is 11.0. The summed E-state index contributed by atoms with van der Waals surface area (Å²) in [6.07, 6.45) is 6.36. The van der Waals surface area contributed by atoms with Gasteiger partial charge >= 0.3 is 0 Å². The SMILES string of the molecule is Cn1ncnc1CC(N)C1CCCCS1. The van der Waals surface area contributed by atoms with Crippen molar-refractivity contribution < 1.29 is 0 Å². The molecule has 2 N–H and O–H groups in total. The van der Waals surface area contributed by atoms with E-state index in [9.17, 15) is 0 Å². The maximum Gasteiger partial charge on any atom is 0.138 e. The lowest BCUT2D eigenvalue weighted by molar-refractivity contribution is 0.537. The minimum Gasteiger partial charge on any atom is -0.326 e. The average Bonchev–Trinajstić information content (AvgIpc) is 2.66. The molecular weight excluding hydrogens is 208 g/mol. The van der Waals surface area contributed by atoms with E-state index >= 15 is 0 Å². The lowest BCUT2D eigenvalue weighted by atomic mass is 10.0. The second-order valence-electron chi connectivity index (χ2n) is 4.07. The van der Waals surface area contributed by atoms with Crippen molar-refractivity contribution in [1.29, 1.82) is 0 Å². The zero-order chi connectivity index (χ0) is 10.7. The summed E-state index contributed by atoms with van der Waals surface area (Å²) in [5.41, 5.74) is 6.21. The molecule has 1 aliphatic rings. The van der Waals surface area contributed by atoms with Crippen molar-refractivity contribution in [2.45, 2.75) is 37.0 Å². The van der Waals surface area contributed by atoms with Crippen molar-refractivity contribution in [1.82, 2.24) is 14.8 Å². The molecule has 2 atom stereocenters. The standard InChI is InChI=1S/C10H18N4S/c1-14-10(12-7-13-14)6-8(11)9-4-2-3-5-15-9/h7-9H,2-6,11H2,1H3. The summed E-state index contributed by atoms with van der Waals surface area (Å²) < 4.78 is 1.81. The lowest BCUT2D eigenvalue weighted by Crippen LogP contribution is -2.36. The molecule has 1 saturated heterocycles. The van der Waals surface area contributed by atoms with Crippen LogP contribution in [-0.2, 0) is 13.5 Å². The van der Waals surface area contributed by atoms with Gasteiger partial charge in [0.15, 0.2) is 0 Å². The fraction of sp³-hybridized carbons (Fsp3) is 0.800. The van der Waals surface area contributed by atoms with Crippen LogP contribution in [-0.4, -0.2) is 31.8 Å². The minimum absolute atomic E-state index is 0.221. The third-order valence-corrected chi connectivity index (χ3v) is 4.45. The Bertz CT molecular complexity index is 306. The third-order valence-electron chi connectivity index (χ3n) is 2.92. The van der Waals surface area contributed by atoms with Crippen LogP contribution in [0.3, 0.4) is 0 Å². The third kappa shape index (κ3) is 2.72. The van der Waals surface area contributed by atoms with E-state index < -0.39 is 0 Å². The smallest absolute Gasteiger partial charge is 0.138 e. The summed E-state index contributed by atoms with van der Waals surface area (Å²) in [5.74, 6) is 2.26. The van der Waals surface area contributed by atoms with E-state index in [-0.39, 0.29) is 6.04 Å². The molecule has 4 nitrogen and oxygen atoms in total. The minimum atomic E-state index is 0.221. The lowest BCUT2D eigenvalue weighted by Gasteiger charge is -2.26. The highest BCUT2D eigenvalue weighted by atomic mass is 32.2. The van der Waals surface area contributed by atoms with Crippen LogP contribution in [0.1, 0.15) is 25.1 Å². The van der Waals surface area contributed by atoms with Crippen LogP contribution in [0, 0.1) is 0 Å². The van der Waals surface area contributed by atoms with Crippen molar-refractivity contribution in [3.63, 3.8) is 0 Å². The topological polar surface area (TPSA) is 56.7 Å². The van der Waals surface area contributed by atoms with E-state index in [1.54, 1.807) is 6.33 Å². The zero-order valence-electron chi connectivity index (χ0n) is 9.09. The number of aromatic nitrogens is 3. The summed E-state index contributed by atoms with van der Waals surface area (Å²) in [4.78, 5) is 4.21. The molecule has 84 valence electrons. The second-order valence-corrected chi connectivity index (χ2v) is 5.42. The molecule has 0 radical (unpaired) electrons. The maximum absolute atomic E-state index is 6.21. The van der Waals surface area contributed by atoms with E-state index in [1.807, 2.05) is 23.5 Å². The monoisotopic (exact) mass is 226 g/mol. The van der Waals surface area contributed by atoms with Gasteiger partial charge in [-0.25, -0.2) is 4.98 Å². The van der Waals surface area contributed by atoms with Gasteiger partial charge in [-0.3, -0.25) is 4.68 Å². The molecule has 0 aliphatic carbocycles. The summed E-state index contributed by atoms with van der Waals surface area (Å²) in [5, 5.41) is 4.66. The van der Waals surface area contributed by atoms with Crippen LogP contribution in [0.4, 0.5) is 0 Å². The van der Waals surface area contributed by atoms with Gasteiger partial charge in [0, 0.05) is 24.8 Å². The van der Waals surface area contributed by atoms with Gasteiger partial charge in [-0.05, 0) is 18.6 Å². The molecule has 1 aliphatic heterocycles. The highest BCUT2D eigenvalue weighted by molar-refractivity contribution is 8.00. The van der Waals surface area contributed by atoms with Gasteiger partial charge in [0.25, 0.3) is 0 Å². The van der Waals surface area contributed by atoms with Crippen LogP contribution in [0.15, 0.2) is 6.33 Å². The first-order valence-corrected chi connectivity index (χ1v) is 6.52. The molecule has 0 aromatic carbocycles. The molecule has 0 spiro atoms. The Kier molecular flexibility index (Phi) is 3.64. The Morgan fingerprint density at radius 1 is 1.67 bits per heavy atom. The number of hydrogen-bond donors (Lipinski definition) is 1. The molecule has 2 unspecified atom stereocenters. The van der Waals surface area contributed by atoms with Crippen molar-refractivity contribution in [3.05, 3.63) is 12.2 Å².